The molecule has 0 bridgehead atoms. The number of hydrogen-bond donors (Lipinski definition) is 2. The second-order valence-corrected chi connectivity index (χ2v) is 7.18. The van der Waals surface area contributed by atoms with Gasteiger partial charge in [0.25, 0.3) is 0 Å². The minimum absolute atomic E-state index is 0.133. The van der Waals surface area contributed by atoms with Crippen LogP contribution in [0, 0.1) is 0 Å². The molecule has 7 heteroatoms. The van der Waals surface area contributed by atoms with Crippen molar-refractivity contribution in [2.75, 3.05) is 12.4 Å². The van der Waals surface area contributed by atoms with E-state index < -0.39 is 10.0 Å². The quantitative estimate of drug-likeness (QED) is 0.791. The summed E-state index contributed by atoms with van der Waals surface area (Å²) in [6.45, 7) is 2.01. The van der Waals surface area contributed by atoms with Crippen molar-refractivity contribution in [1.29, 1.82) is 0 Å². The molecule has 0 saturated heterocycles. The first-order valence-corrected chi connectivity index (χ1v) is 9.48. The van der Waals surface area contributed by atoms with E-state index >= 15 is 0 Å². The van der Waals surface area contributed by atoms with Gasteiger partial charge in [0.15, 0.2) is 0 Å². The van der Waals surface area contributed by atoms with Crippen LogP contribution in [0.2, 0.25) is 0 Å². The van der Waals surface area contributed by atoms with Crippen LogP contribution in [0.5, 0.6) is 5.75 Å². The summed E-state index contributed by atoms with van der Waals surface area (Å²) in [6, 6.07) is 13.8. The van der Waals surface area contributed by atoms with Crippen molar-refractivity contribution in [2.24, 2.45) is 5.14 Å². The van der Waals surface area contributed by atoms with Gasteiger partial charge in [0.05, 0.1) is 13.0 Å². The number of nitrogens with two attached hydrogens (primary N) is 1. The van der Waals surface area contributed by atoms with Gasteiger partial charge >= 0.3 is 0 Å². The molecule has 0 aliphatic heterocycles. The second kappa shape index (κ2) is 8.13. The average molecular weight is 362 g/mol. The zero-order chi connectivity index (χ0) is 18.4. The number of benzene rings is 2. The standard InChI is InChI=1S/C18H22N2O4S/c1-3-7-15(13-8-5-4-6-9-13)18(21)20-14-10-11-16(24-2)17(12-14)25(19,22)23/h4-6,8-12,15H,3,7H2,1-2H3,(H,20,21)(H2,19,22,23). The Balaban J connectivity index is 2.30. The first-order chi connectivity index (χ1) is 11.9. The van der Waals surface area contributed by atoms with E-state index in [0.29, 0.717) is 12.1 Å². The number of amides is 1. The summed E-state index contributed by atoms with van der Waals surface area (Å²) in [5.41, 5.74) is 1.27. The second-order valence-electron chi connectivity index (χ2n) is 5.65. The molecule has 0 saturated carbocycles. The Morgan fingerprint density at radius 1 is 1.20 bits per heavy atom. The zero-order valence-electron chi connectivity index (χ0n) is 14.2. The van der Waals surface area contributed by atoms with Crippen LogP contribution in [0.15, 0.2) is 53.4 Å². The molecule has 2 aromatic carbocycles. The van der Waals surface area contributed by atoms with E-state index in [1.807, 2.05) is 37.3 Å². The molecule has 0 heterocycles. The molecule has 3 N–H and O–H groups in total. The summed E-state index contributed by atoms with van der Waals surface area (Å²) in [6.07, 6.45) is 1.53. The predicted octanol–water partition coefficient (Wildman–Crippen LogP) is 2.87. The summed E-state index contributed by atoms with van der Waals surface area (Å²) in [7, 11) is -2.61. The number of carbonyl (C=O) groups excluding carboxylic acids is 1. The van der Waals surface area contributed by atoms with Gasteiger partial charge in [-0.2, -0.15) is 0 Å². The molecule has 134 valence electrons. The maximum atomic E-state index is 12.7. The number of primary sulfonamides is 1. The van der Waals surface area contributed by atoms with Crippen molar-refractivity contribution < 1.29 is 17.9 Å². The highest BCUT2D eigenvalue weighted by atomic mass is 32.2. The van der Waals surface area contributed by atoms with Gasteiger partial charge in [-0.05, 0) is 30.2 Å². The minimum Gasteiger partial charge on any atom is -0.495 e. The highest BCUT2D eigenvalue weighted by Gasteiger charge is 2.21. The molecular weight excluding hydrogens is 340 g/mol. The number of rotatable bonds is 7. The lowest BCUT2D eigenvalue weighted by Gasteiger charge is -2.17. The maximum Gasteiger partial charge on any atom is 0.241 e. The van der Waals surface area contributed by atoms with Crippen LogP contribution < -0.4 is 15.2 Å². The fourth-order valence-corrected chi connectivity index (χ4v) is 3.35. The monoisotopic (exact) mass is 362 g/mol. The van der Waals surface area contributed by atoms with Gasteiger partial charge < -0.3 is 10.1 Å². The Bertz CT molecular complexity index is 835. The van der Waals surface area contributed by atoms with Crippen LogP contribution >= 0.6 is 0 Å². The van der Waals surface area contributed by atoms with Gasteiger partial charge in [-0.1, -0.05) is 43.7 Å². The molecular formula is C18H22N2O4S. The summed E-state index contributed by atoms with van der Waals surface area (Å²) in [5, 5.41) is 7.99. The molecule has 25 heavy (non-hydrogen) atoms. The van der Waals surface area contributed by atoms with Crippen LogP contribution in [-0.4, -0.2) is 21.4 Å². The molecule has 1 atom stereocenters. The molecule has 2 aromatic rings. The van der Waals surface area contributed by atoms with E-state index in [4.69, 9.17) is 9.88 Å². The van der Waals surface area contributed by atoms with Crippen LogP contribution in [0.3, 0.4) is 0 Å². The zero-order valence-corrected chi connectivity index (χ0v) is 15.0. The van der Waals surface area contributed by atoms with E-state index in [1.165, 1.54) is 19.2 Å². The van der Waals surface area contributed by atoms with E-state index in [0.717, 1.165) is 12.0 Å². The molecule has 0 spiro atoms. The third-order valence-corrected chi connectivity index (χ3v) is 4.77. The fraction of sp³-hybridized carbons (Fsp3) is 0.278. The molecule has 0 aliphatic carbocycles. The van der Waals surface area contributed by atoms with Crippen molar-refractivity contribution >= 4 is 21.6 Å². The maximum absolute atomic E-state index is 12.7. The normalized spacial score (nSPS) is 12.4. The predicted molar refractivity (Wildman–Crippen MR) is 97.1 cm³/mol. The first-order valence-electron chi connectivity index (χ1n) is 7.93. The van der Waals surface area contributed by atoms with Gasteiger partial charge in [0, 0.05) is 5.69 Å². The molecule has 6 nitrogen and oxygen atoms in total. The summed E-state index contributed by atoms with van der Waals surface area (Å²) < 4.78 is 28.4. The van der Waals surface area contributed by atoms with Crippen LogP contribution in [0.25, 0.3) is 0 Å². The number of sulfonamides is 1. The fourth-order valence-electron chi connectivity index (χ4n) is 2.63. The molecule has 0 fully saturated rings. The minimum atomic E-state index is -3.96. The van der Waals surface area contributed by atoms with Crippen molar-refractivity contribution in [1.82, 2.24) is 0 Å². The lowest BCUT2D eigenvalue weighted by atomic mass is 9.93. The topological polar surface area (TPSA) is 98.5 Å². The highest BCUT2D eigenvalue weighted by Crippen LogP contribution is 2.28. The molecule has 0 aromatic heterocycles. The summed E-state index contributed by atoms with van der Waals surface area (Å²) in [5.74, 6) is -0.376. The van der Waals surface area contributed by atoms with Gasteiger partial charge in [-0.3, -0.25) is 4.79 Å². The number of carbonyl (C=O) groups is 1. The number of methoxy groups -OCH3 is 1. The Morgan fingerprint density at radius 3 is 2.44 bits per heavy atom. The molecule has 0 radical (unpaired) electrons. The number of ether oxygens (including phenoxy) is 1. The molecule has 1 unspecified atom stereocenters. The van der Waals surface area contributed by atoms with E-state index in [9.17, 15) is 13.2 Å². The third-order valence-electron chi connectivity index (χ3n) is 3.83. The van der Waals surface area contributed by atoms with Crippen LogP contribution in [0.4, 0.5) is 5.69 Å². The Labute approximate surface area is 148 Å². The number of nitrogens with one attached hydrogen (secondary N) is 1. The Kier molecular flexibility index (Phi) is 6.17. The summed E-state index contributed by atoms with van der Waals surface area (Å²) in [4.78, 5) is 12.5. The van der Waals surface area contributed by atoms with Crippen molar-refractivity contribution in [3.8, 4) is 5.75 Å². The first kappa shape index (κ1) is 19.0. The van der Waals surface area contributed by atoms with Crippen LogP contribution in [0.1, 0.15) is 31.2 Å². The Hall–Kier alpha value is -2.38. The van der Waals surface area contributed by atoms with Gasteiger partial charge in [0.1, 0.15) is 10.6 Å². The van der Waals surface area contributed by atoms with Crippen molar-refractivity contribution in [3.05, 3.63) is 54.1 Å². The van der Waals surface area contributed by atoms with E-state index in [1.54, 1.807) is 6.07 Å². The summed E-state index contributed by atoms with van der Waals surface area (Å²) >= 11 is 0. The number of anilines is 1. The van der Waals surface area contributed by atoms with Gasteiger partial charge in [-0.15, -0.1) is 0 Å². The highest BCUT2D eigenvalue weighted by molar-refractivity contribution is 7.89. The smallest absolute Gasteiger partial charge is 0.241 e. The van der Waals surface area contributed by atoms with E-state index in [2.05, 4.69) is 5.32 Å². The SMILES string of the molecule is CCCC(C(=O)Nc1ccc(OC)c(S(N)(=O)=O)c1)c1ccccc1. The van der Waals surface area contributed by atoms with Crippen molar-refractivity contribution in [3.63, 3.8) is 0 Å². The third kappa shape index (κ3) is 4.80. The largest absolute Gasteiger partial charge is 0.495 e. The number of hydrogen-bond acceptors (Lipinski definition) is 4. The molecule has 2 rings (SSSR count). The average Bonchev–Trinajstić information content (AvgIpc) is 2.59. The molecule has 0 aliphatic rings. The lowest BCUT2D eigenvalue weighted by Crippen LogP contribution is -2.21. The Morgan fingerprint density at radius 2 is 1.88 bits per heavy atom. The van der Waals surface area contributed by atoms with Crippen LogP contribution in [-0.2, 0) is 14.8 Å². The van der Waals surface area contributed by atoms with E-state index in [-0.39, 0.29) is 22.5 Å². The lowest BCUT2D eigenvalue weighted by molar-refractivity contribution is -0.117. The van der Waals surface area contributed by atoms with Gasteiger partial charge in [-0.25, -0.2) is 13.6 Å². The van der Waals surface area contributed by atoms with Gasteiger partial charge in [0.2, 0.25) is 15.9 Å². The van der Waals surface area contributed by atoms with Crippen molar-refractivity contribution in [2.45, 2.75) is 30.6 Å². The molecule has 1 amide bonds.